The van der Waals surface area contributed by atoms with Crippen LogP contribution in [0.1, 0.15) is 0 Å². The first-order chi connectivity index (χ1) is 19.6. The Morgan fingerprint density at radius 1 is 0.239 bits per heavy atom. The molecule has 0 saturated heterocycles. The quantitative estimate of drug-likeness (QED) is 0.151. The molecule has 0 unspecified atom stereocenters. The van der Waals surface area contributed by atoms with E-state index in [4.69, 9.17) is 10.2 Å². The highest BCUT2D eigenvalue weighted by Gasteiger charge is 2.80. The maximum absolute atomic E-state index is 13.4. The van der Waals surface area contributed by atoms with E-state index < -0.39 is 86.5 Å². The van der Waals surface area contributed by atoms with Crippen LogP contribution in [-0.4, -0.2) is 96.7 Å². The van der Waals surface area contributed by atoms with Gasteiger partial charge in [0.2, 0.25) is 0 Å². The molecular formula is C14H6F24O8. The van der Waals surface area contributed by atoms with Gasteiger partial charge in [0.25, 0.3) is 0 Å². The molecule has 0 fully saturated rings. The molecule has 0 aromatic rings. The second-order valence-corrected chi connectivity index (χ2v) is 7.37. The van der Waals surface area contributed by atoms with Gasteiger partial charge in [0.1, 0.15) is 13.2 Å². The van der Waals surface area contributed by atoms with Crippen molar-refractivity contribution in [3.05, 3.63) is 0 Å². The van der Waals surface area contributed by atoms with Crippen molar-refractivity contribution >= 4 is 0 Å². The topological polar surface area (TPSA) is 95.8 Å². The van der Waals surface area contributed by atoms with E-state index in [1.807, 2.05) is 0 Å². The standard InChI is InChI=1S/C14H6F24O8/c15-3(16,1-39)41-5(19,20)7(23,24)43-9(27,28)11(31,32)45-13(35,36)14(37,38)46-12(33,34)10(29,30)44-8(25,26)6(21,22)42-4(17,18)2-40/h39-40H,1-2H2. The molecule has 46 heavy (non-hydrogen) atoms. The Kier molecular flexibility index (Phi) is 11.9. The van der Waals surface area contributed by atoms with Gasteiger partial charge in [-0.25, -0.2) is 28.4 Å². The van der Waals surface area contributed by atoms with Crippen molar-refractivity contribution in [2.75, 3.05) is 13.2 Å². The maximum atomic E-state index is 13.4. The minimum absolute atomic E-state index is 1.18. The van der Waals surface area contributed by atoms with Crippen LogP contribution < -0.4 is 0 Å². The lowest BCUT2D eigenvalue weighted by Crippen LogP contribution is -2.62. The molecule has 32 heteroatoms. The van der Waals surface area contributed by atoms with Crippen LogP contribution in [0, 0.1) is 0 Å². The summed E-state index contributed by atoms with van der Waals surface area (Å²) in [7, 11) is 0. The molecule has 0 radical (unpaired) electrons. The first-order valence-corrected chi connectivity index (χ1v) is 9.57. The summed E-state index contributed by atoms with van der Waals surface area (Å²) in [5.74, 6) is 0. The lowest BCUT2D eigenvalue weighted by atomic mass is 10.4. The number of hydrogen-bond acceptors (Lipinski definition) is 8. The Hall–Kier alpha value is -2.00. The zero-order valence-electron chi connectivity index (χ0n) is 19.8. The molecule has 0 amide bonds. The Labute approximate surface area is 232 Å². The van der Waals surface area contributed by atoms with Crippen LogP contribution in [0.3, 0.4) is 0 Å². The molecule has 278 valence electrons. The van der Waals surface area contributed by atoms with Crippen molar-refractivity contribution in [3.8, 4) is 0 Å². The summed E-state index contributed by atoms with van der Waals surface area (Å²) in [4.78, 5) is 0. The molecule has 8 nitrogen and oxygen atoms in total. The van der Waals surface area contributed by atoms with E-state index in [1.165, 1.54) is 18.9 Å². The second-order valence-electron chi connectivity index (χ2n) is 7.37. The normalized spacial score (nSPS) is 16.3. The van der Waals surface area contributed by atoms with Gasteiger partial charge in [0.05, 0.1) is 0 Å². The fourth-order valence-corrected chi connectivity index (χ4v) is 1.68. The van der Waals surface area contributed by atoms with E-state index in [0.29, 0.717) is 0 Å². The van der Waals surface area contributed by atoms with Crippen LogP contribution >= 0.6 is 0 Å². The molecule has 0 bridgehead atoms. The monoisotopic (exact) mass is 758 g/mol. The van der Waals surface area contributed by atoms with Gasteiger partial charge in [0, 0.05) is 0 Å². The summed E-state index contributed by atoms with van der Waals surface area (Å²) in [6.07, 6.45) is -89.8. The zero-order valence-corrected chi connectivity index (χ0v) is 19.8. The first kappa shape index (κ1) is 44.0. The molecule has 2 N–H and O–H groups in total. The third-order valence-electron chi connectivity index (χ3n) is 3.64. The molecule has 0 aromatic carbocycles. The minimum Gasteiger partial charge on any atom is -0.387 e. The Balaban J connectivity index is 6.21. The lowest BCUT2D eigenvalue weighted by molar-refractivity contribution is -0.593. The van der Waals surface area contributed by atoms with Crippen LogP contribution in [0.5, 0.6) is 0 Å². The van der Waals surface area contributed by atoms with Crippen molar-refractivity contribution in [1.82, 2.24) is 0 Å². The van der Waals surface area contributed by atoms with Gasteiger partial charge in [-0.2, -0.15) is 105 Å². The summed E-state index contributed by atoms with van der Waals surface area (Å²) >= 11 is 0. The highest BCUT2D eigenvalue weighted by Crippen LogP contribution is 2.53. The molecule has 0 aliphatic heterocycles. The minimum atomic E-state index is -8.14. The van der Waals surface area contributed by atoms with E-state index in [2.05, 4.69) is 0 Å². The van der Waals surface area contributed by atoms with Gasteiger partial charge in [-0.15, -0.1) is 0 Å². The maximum Gasteiger partial charge on any atom is 0.453 e. The van der Waals surface area contributed by atoms with Crippen LogP contribution in [0.2, 0.25) is 0 Å². The number of aliphatic hydroxyl groups excluding tert-OH is 2. The number of hydrogen-bond donors (Lipinski definition) is 2. The lowest BCUT2D eigenvalue weighted by Gasteiger charge is -2.37. The number of aliphatic hydroxyl groups is 2. The van der Waals surface area contributed by atoms with Gasteiger partial charge in [-0.1, -0.05) is 0 Å². The van der Waals surface area contributed by atoms with Crippen molar-refractivity contribution in [2.45, 2.75) is 73.3 Å². The summed E-state index contributed by atoms with van der Waals surface area (Å²) in [5.41, 5.74) is 0. The smallest absolute Gasteiger partial charge is 0.387 e. The molecule has 0 heterocycles. The van der Waals surface area contributed by atoms with Crippen LogP contribution in [0.25, 0.3) is 0 Å². The number of halogens is 24. The van der Waals surface area contributed by atoms with Gasteiger partial charge in [-0.05, 0) is 0 Å². The van der Waals surface area contributed by atoms with E-state index in [0.717, 1.165) is 0 Å². The highest BCUT2D eigenvalue weighted by molar-refractivity contribution is 4.82. The molecule has 0 rings (SSSR count). The SMILES string of the molecule is OCC(F)(F)OC(F)(F)C(F)(F)OC(F)(F)C(F)(F)OC(F)(F)C(F)(F)OC(F)(F)C(F)(F)OC(F)(F)C(F)(F)OC(F)(F)CO. The average Bonchev–Trinajstić information content (AvgIpc) is 2.74. The summed E-state index contributed by atoms with van der Waals surface area (Å²) in [6.45, 7) is -5.98. The zero-order chi connectivity index (χ0) is 37.7. The highest BCUT2D eigenvalue weighted by atomic mass is 19.4. The van der Waals surface area contributed by atoms with Gasteiger partial charge < -0.3 is 10.2 Å². The van der Waals surface area contributed by atoms with E-state index in [-0.39, 0.29) is 0 Å². The molecule has 0 aliphatic rings. The van der Waals surface area contributed by atoms with Gasteiger partial charge in [0.15, 0.2) is 0 Å². The predicted octanol–water partition coefficient (Wildman–Crippen LogP) is 6.18. The summed E-state index contributed by atoms with van der Waals surface area (Å²) in [5, 5.41) is 15.8. The Morgan fingerprint density at radius 3 is 0.457 bits per heavy atom. The van der Waals surface area contributed by atoms with Crippen molar-refractivity contribution in [2.24, 2.45) is 0 Å². The Bertz CT molecular complexity index is 950. The molecule has 0 atom stereocenters. The fraction of sp³-hybridized carbons (Fsp3) is 1.00. The van der Waals surface area contributed by atoms with E-state index >= 15 is 0 Å². The molecule has 0 spiro atoms. The van der Waals surface area contributed by atoms with E-state index in [9.17, 15) is 105 Å². The largest absolute Gasteiger partial charge is 0.453 e. The van der Waals surface area contributed by atoms with Crippen LogP contribution in [0.15, 0.2) is 0 Å². The van der Waals surface area contributed by atoms with Crippen LogP contribution in [-0.2, 0) is 28.4 Å². The third-order valence-corrected chi connectivity index (χ3v) is 3.64. The number of ether oxygens (including phenoxy) is 6. The van der Waals surface area contributed by atoms with Crippen LogP contribution in [0.4, 0.5) is 105 Å². The van der Waals surface area contributed by atoms with Crippen molar-refractivity contribution in [3.63, 3.8) is 0 Å². The second kappa shape index (κ2) is 12.5. The number of rotatable bonds is 19. The van der Waals surface area contributed by atoms with Gasteiger partial charge in [-0.3, -0.25) is 0 Å². The molecule has 0 aromatic heterocycles. The first-order valence-electron chi connectivity index (χ1n) is 9.57. The Morgan fingerprint density at radius 2 is 0.348 bits per heavy atom. The predicted molar refractivity (Wildman–Crippen MR) is 80.0 cm³/mol. The number of alkyl halides is 24. The van der Waals surface area contributed by atoms with E-state index in [1.54, 1.807) is 9.47 Å². The van der Waals surface area contributed by atoms with Gasteiger partial charge >= 0.3 is 73.3 Å². The van der Waals surface area contributed by atoms with Crippen molar-refractivity contribution in [1.29, 1.82) is 0 Å². The average molecular weight is 758 g/mol. The third kappa shape index (κ3) is 9.77. The molecular weight excluding hydrogens is 752 g/mol. The summed E-state index contributed by atoms with van der Waals surface area (Å²) in [6, 6.07) is 0. The fourth-order valence-electron chi connectivity index (χ4n) is 1.68. The molecule has 0 saturated carbocycles. The summed E-state index contributed by atoms with van der Waals surface area (Å²) < 4.78 is 323. The van der Waals surface area contributed by atoms with Crippen molar-refractivity contribution < 1.29 is 144 Å². The molecule has 0 aliphatic carbocycles.